The van der Waals surface area contributed by atoms with Crippen LogP contribution in [0.2, 0.25) is 0 Å². The van der Waals surface area contributed by atoms with Crippen LogP contribution in [-0.4, -0.2) is 41.1 Å². The van der Waals surface area contributed by atoms with Gasteiger partial charge in [-0.25, -0.2) is 0 Å². The lowest BCUT2D eigenvalue weighted by atomic mass is 10.1. The summed E-state index contributed by atoms with van der Waals surface area (Å²) in [4.78, 5) is 22.6. The number of hydroxylamine groups is 1. The quantitative estimate of drug-likeness (QED) is 0.341. The fourth-order valence-electron chi connectivity index (χ4n) is 1.40. The normalized spacial score (nSPS) is 13.6. The average Bonchev–Trinajstić information content (AvgIpc) is 2.34. The number of rotatable bonds is 10. The highest BCUT2D eigenvalue weighted by Crippen LogP contribution is 2.14. The van der Waals surface area contributed by atoms with Gasteiger partial charge in [-0.3, -0.25) is 9.59 Å². The van der Waals surface area contributed by atoms with Gasteiger partial charge in [0, 0.05) is 6.42 Å². The van der Waals surface area contributed by atoms with Crippen molar-refractivity contribution in [3.8, 4) is 0 Å². The van der Waals surface area contributed by atoms with Crippen LogP contribution >= 0.6 is 21.0 Å². The van der Waals surface area contributed by atoms with Gasteiger partial charge in [0.1, 0.15) is 6.04 Å². The van der Waals surface area contributed by atoms with Crippen LogP contribution in [0.5, 0.6) is 0 Å². The summed E-state index contributed by atoms with van der Waals surface area (Å²) in [6.45, 7) is 3.80. The van der Waals surface area contributed by atoms with Crippen LogP contribution in [0.25, 0.3) is 0 Å². The molecule has 0 saturated carbocycles. The largest absolute Gasteiger partial charge is 0.370 e. The van der Waals surface area contributed by atoms with Crippen LogP contribution in [0, 0.1) is 0 Å². The first-order valence-electron chi connectivity index (χ1n) is 5.83. The third kappa shape index (κ3) is 8.21. The maximum atomic E-state index is 11.9. The summed E-state index contributed by atoms with van der Waals surface area (Å²) in [5.74, 6) is -0.00228. The minimum Gasteiger partial charge on any atom is -0.370 e. The number of carbonyl (C=O) groups is 2. The van der Waals surface area contributed by atoms with Gasteiger partial charge in [0.05, 0.1) is 6.04 Å². The van der Waals surface area contributed by atoms with Crippen molar-refractivity contribution >= 4 is 32.8 Å². The summed E-state index contributed by atoms with van der Waals surface area (Å²) in [5.41, 5.74) is 6.91. The molecule has 0 saturated heterocycles. The van der Waals surface area contributed by atoms with Gasteiger partial charge in [-0.1, -0.05) is 6.58 Å². The first-order valence-corrected chi connectivity index (χ1v) is 7.81. The number of nitrogens with one attached hydrogen (secondary N) is 2. The highest BCUT2D eigenvalue weighted by Gasteiger charge is 2.21. The van der Waals surface area contributed by atoms with Crippen LogP contribution in [0.4, 0.5) is 0 Å². The molecule has 0 fully saturated rings. The first kappa shape index (κ1) is 18.4. The Hall–Kier alpha value is -0.620. The van der Waals surface area contributed by atoms with E-state index >= 15 is 0 Å². The van der Waals surface area contributed by atoms with E-state index in [1.807, 2.05) is 11.7 Å². The maximum Gasteiger partial charge on any atom is 0.239 e. The highest BCUT2D eigenvalue weighted by molar-refractivity contribution is 7.98. The molecule has 0 radical (unpaired) electrons. The molecule has 1 unspecified atom stereocenters. The molecule has 0 aliphatic rings. The zero-order valence-corrected chi connectivity index (χ0v) is 13.0. The molecular weight excluding hydrogens is 285 g/mol. The van der Waals surface area contributed by atoms with Gasteiger partial charge in [-0.15, -0.1) is 9.24 Å². The Morgan fingerprint density at radius 2 is 2.05 bits per heavy atom. The van der Waals surface area contributed by atoms with Crippen LogP contribution < -0.4 is 16.5 Å². The van der Waals surface area contributed by atoms with E-state index in [4.69, 9.17) is 10.9 Å². The number of primary amides is 1. The summed E-state index contributed by atoms with van der Waals surface area (Å²) < 4.78 is 0. The van der Waals surface area contributed by atoms with Crippen molar-refractivity contribution in [1.82, 2.24) is 10.8 Å². The Morgan fingerprint density at radius 1 is 1.42 bits per heavy atom. The third-order valence-corrected chi connectivity index (χ3v) is 3.57. The summed E-state index contributed by atoms with van der Waals surface area (Å²) in [5, 5.41) is 12.5. The Balaban J connectivity index is 4.41. The molecule has 0 rings (SSSR count). The van der Waals surface area contributed by atoms with Gasteiger partial charge in [-0.2, -0.15) is 17.2 Å². The molecule has 6 nitrogen and oxygen atoms in total. The van der Waals surface area contributed by atoms with E-state index in [0.717, 1.165) is 17.5 Å². The van der Waals surface area contributed by atoms with Crippen LogP contribution in [-0.2, 0) is 9.59 Å². The minimum absolute atomic E-state index is 0.0307. The van der Waals surface area contributed by atoms with E-state index in [9.17, 15) is 9.59 Å². The van der Waals surface area contributed by atoms with E-state index in [0.29, 0.717) is 0 Å². The zero-order chi connectivity index (χ0) is 14.8. The van der Waals surface area contributed by atoms with E-state index < -0.39 is 11.9 Å². The Bertz CT molecular complexity index is 328. The summed E-state index contributed by atoms with van der Waals surface area (Å²) in [6, 6.07) is -1.02. The molecule has 2 amide bonds. The van der Waals surface area contributed by atoms with Gasteiger partial charge < -0.3 is 16.3 Å². The monoisotopic (exact) mass is 307 g/mol. The van der Waals surface area contributed by atoms with E-state index in [-0.39, 0.29) is 24.8 Å². The fourth-order valence-corrected chi connectivity index (χ4v) is 2.12. The van der Waals surface area contributed by atoms with Gasteiger partial charge in [0.2, 0.25) is 11.8 Å². The van der Waals surface area contributed by atoms with Gasteiger partial charge in [0.25, 0.3) is 0 Å². The second kappa shape index (κ2) is 10.2. The third-order valence-electron chi connectivity index (χ3n) is 2.53. The standard InChI is InChI=1S/C11H22N3O3PS/c1-7(18)8(5-6-19-2)13-11(16)9(14-17)3-4-10(12)15/h8-9,14,17H,1,3-6,18H2,2H3,(H2,12,15)(H,13,16)/t8-,9-/m0/s1. The van der Waals surface area contributed by atoms with Crippen molar-refractivity contribution in [2.75, 3.05) is 12.0 Å². The van der Waals surface area contributed by atoms with Crippen LogP contribution in [0.15, 0.2) is 11.9 Å². The van der Waals surface area contributed by atoms with E-state index in [1.165, 1.54) is 0 Å². The van der Waals surface area contributed by atoms with Crippen molar-refractivity contribution < 1.29 is 14.8 Å². The molecule has 0 aromatic carbocycles. The highest BCUT2D eigenvalue weighted by atomic mass is 32.2. The van der Waals surface area contributed by atoms with E-state index in [1.54, 1.807) is 11.8 Å². The summed E-state index contributed by atoms with van der Waals surface area (Å²) in [6.07, 6.45) is 2.91. The summed E-state index contributed by atoms with van der Waals surface area (Å²) >= 11 is 1.67. The molecule has 0 bridgehead atoms. The second-order valence-corrected chi connectivity index (χ2v) is 5.83. The zero-order valence-electron chi connectivity index (χ0n) is 11.0. The minimum atomic E-state index is -0.853. The molecule has 0 spiro atoms. The second-order valence-electron chi connectivity index (χ2n) is 4.10. The maximum absolute atomic E-state index is 11.9. The molecule has 110 valence electrons. The molecule has 8 heteroatoms. The van der Waals surface area contributed by atoms with Gasteiger partial charge in [-0.05, 0) is 30.2 Å². The van der Waals surface area contributed by atoms with E-state index in [2.05, 4.69) is 21.1 Å². The van der Waals surface area contributed by atoms with Crippen LogP contribution in [0.1, 0.15) is 19.3 Å². The number of thioether (sulfide) groups is 1. The molecule has 3 atom stereocenters. The number of hydrogen-bond donors (Lipinski definition) is 4. The summed E-state index contributed by atoms with van der Waals surface area (Å²) in [7, 11) is 2.47. The smallest absolute Gasteiger partial charge is 0.239 e. The number of hydrogen-bond acceptors (Lipinski definition) is 5. The van der Waals surface area contributed by atoms with Crippen molar-refractivity contribution in [2.45, 2.75) is 31.3 Å². The van der Waals surface area contributed by atoms with Gasteiger partial charge >= 0.3 is 0 Å². The lowest BCUT2D eigenvalue weighted by Gasteiger charge is -2.21. The molecule has 0 aromatic rings. The first-order chi connectivity index (χ1) is 8.92. The van der Waals surface area contributed by atoms with Crippen LogP contribution in [0.3, 0.4) is 0 Å². The lowest BCUT2D eigenvalue weighted by Crippen LogP contribution is -2.47. The Morgan fingerprint density at radius 3 is 2.47 bits per heavy atom. The Labute approximate surface area is 120 Å². The number of amides is 2. The SMILES string of the molecule is C=C(P)[C@H](CCSC)NC(=O)[C@H](CCC(N)=O)NO. The van der Waals surface area contributed by atoms with Crippen molar-refractivity contribution in [2.24, 2.45) is 5.73 Å². The molecule has 0 aromatic heterocycles. The molecule has 0 aliphatic heterocycles. The van der Waals surface area contributed by atoms with Crippen molar-refractivity contribution in [3.63, 3.8) is 0 Å². The fraction of sp³-hybridized carbons (Fsp3) is 0.636. The predicted molar refractivity (Wildman–Crippen MR) is 80.9 cm³/mol. The molecular formula is C11H22N3O3PS. The molecule has 0 heterocycles. The number of carbonyl (C=O) groups excluding carboxylic acids is 2. The Kier molecular flexibility index (Phi) is 9.87. The number of nitrogens with two attached hydrogens (primary N) is 1. The molecule has 5 N–H and O–H groups in total. The topological polar surface area (TPSA) is 104 Å². The predicted octanol–water partition coefficient (Wildman–Crippen LogP) is 0.226. The average molecular weight is 307 g/mol. The molecule has 19 heavy (non-hydrogen) atoms. The molecule has 0 aliphatic carbocycles. The lowest BCUT2D eigenvalue weighted by molar-refractivity contribution is -0.126. The van der Waals surface area contributed by atoms with Gasteiger partial charge in [0.15, 0.2) is 0 Å². The van der Waals surface area contributed by atoms with Crippen molar-refractivity contribution in [3.05, 3.63) is 11.9 Å². The van der Waals surface area contributed by atoms with Crippen molar-refractivity contribution in [1.29, 1.82) is 0 Å².